The fourth-order valence-corrected chi connectivity index (χ4v) is 6.18. The number of sulfone groups is 1. The molecule has 16 heteroatoms. The summed E-state index contributed by atoms with van der Waals surface area (Å²) in [4.78, 5) is 32.7. The number of carbonyl (C=O) groups is 3. The average Bonchev–Trinajstić information content (AvgIpc) is 3.52. The van der Waals surface area contributed by atoms with Crippen LogP contribution in [0.5, 0.6) is 0 Å². The number of ether oxygens (including phenoxy) is 4. The Labute approximate surface area is 305 Å². The molecule has 0 radical (unpaired) electrons. The molecular weight excluding hydrogens is 708 g/mol. The summed E-state index contributed by atoms with van der Waals surface area (Å²) in [5, 5.41) is 0. The topological polar surface area (TPSA) is 169 Å². The standard InChI is InChI=1S/C7H14O2S.C6H13NO.C6H10O3.C5H10O3.C5H13O2P.C5H13OP/c1-6(2)7-3-4-10(8,9)5-7;1-5(2)7(4)6(3)8;1-4(2)5-3-8-6(7)9-5;1-4(2)8-5(6)7-3;1-5(2)7-8(3,4)6;1-5(2)7(3,4)6/h6-7H,3-5H2,1-2H3;5H,1-4H3;4-5H,3H2,1-2H3;4H,1-3H3;5H,1-4H3;5H,1-4H3. The molecular formula is C34H73NO12P2S. The minimum Gasteiger partial charge on any atom is -0.438 e. The number of hydrogen-bond donors (Lipinski definition) is 0. The molecule has 0 aliphatic carbocycles. The lowest BCUT2D eigenvalue weighted by molar-refractivity contribution is -0.128. The first-order chi connectivity index (χ1) is 22.3. The molecule has 0 N–H and O–H groups in total. The highest BCUT2D eigenvalue weighted by atomic mass is 32.2. The van der Waals surface area contributed by atoms with E-state index in [4.69, 9.17) is 9.26 Å². The minimum atomic E-state index is -2.64. The van der Waals surface area contributed by atoms with Gasteiger partial charge in [0.2, 0.25) is 5.91 Å². The van der Waals surface area contributed by atoms with Crippen LogP contribution in [0.15, 0.2) is 0 Å². The van der Waals surface area contributed by atoms with E-state index in [2.05, 4.69) is 28.1 Å². The van der Waals surface area contributed by atoms with Crippen molar-refractivity contribution in [3.8, 4) is 0 Å². The molecule has 2 unspecified atom stereocenters. The van der Waals surface area contributed by atoms with Gasteiger partial charge in [-0.1, -0.05) is 41.5 Å². The largest absolute Gasteiger partial charge is 0.508 e. The number of methoxy groups -OCH3 is 1. The summed E-state index contributed by atoms with van der Waals surface area (Å²) in [6, 6.07) is 0.326. The Hall–Kier alpha value is -1.62. The summed E-state index contributed by atoms with van der Waals surface area (Å²) in [6.45, 7) is 32.2. The van der Waals surface area contributed by atoms with E-state index in [0.717, 1.165) is 6.42 Å². The predicted octanol–water partition coefficient (Wildman–Crippen LogP) is 8.27. The fraction of sp³-hybridized carbons (Fsp3) is 0.912. The molecule has 13 nitrogen and oxygen atoms in total. The summed E-state index contributed by atoms with van der Waals surface area (Å²) >= 11 is 0. The highest BCUT2D eigenvalue weighted by molar-refractivity contribution is 7.91. The van der Waals surface area contributed by atoms with Gasteiger partial charge in [-0.3, -0.25) is 9.36 Å². The van der Waals surface area contributed by atoms with Crippen LogP contribution in [0, 0.1) is 17.8 Å². The molecule has 2 atom stereocenters. The van der Waals surface area contributed by atoms with Crippen molar-refractivity contribution in [2.45, 2.75) is 126 Å². The van der Waals surface area contributed by atoms with Crippen molar-refractivity contribution in [2.75, 3.05) is 58.9 Å². The highest BCUT2D eigenvalue weighted by Crippen LogP contribution is 2.41. The Balaban J connectivity index is -0.000000255. The zero-order valence-corrected chi connectivity index (χ0v) is 37.2. The lowest BCUT2D eigenvalue weighted by Crippen LogP contribution is -2.30. The van der Waals surface area contributed by atoms with Crippen LogP contribution in [-0.2, 0) is 47.2 Å². The molecule has 0 bridgehead atoms. The molecule has 2 heterocycles. The van der Waals surface area contributed by atoms with Crippen LogP contribution in [0.3, 0.4) is 0 Å². The van der Waals surface area contributed by atoms with E-state index in [1.165, 1.54) is 7.11 Å². The van der Waals surface area contributed by atoms with Gasteiger partial charge in [0.05, 0.1) is 38.0 Å². The third kappa shape index (κ3) is 36.2. The first-order valence-electron chi connectivity index (χ1n) is 17.1. The van der Waals surface area contributed by atoms with Crippen molar-refractivity contribution in [3.05, 3.63) is 0 Å². The van der Waals surface area contributed by atoms with Gasteiger partial charge in [-0.25, -0.2) is 18.0 Å². The average molecular weight is 782 g/mol. The van der Waals surface area contributed by atoms with Crippen molar-refractivity contribution in [1.82, 2.24) is 4.90 Å². The maximum Gasteiger partial charge on any atom is 0.508 e. The first kappa shape index (κ1) is 55.1. The van der Waals surface area contributed by atoms with E-state index in [-0.39, 0.29) is 24.2 Å². The monoisotopic (exact) mass is 781 g/mol. The summed E-state index contributed by atoms with van der Waals surface area (Å²) < 4.78 is 66.7. The third-order valence-corrected chi connectivity index (χ3v) is 12.3. The van der Waals surface area contributed by atoms with Gasteiger partial charge >= 0.3 is 12.3 Å². The fourth-order valence-electron chi connectivity index (χ4n) is 3.13. The normalized spacial score (nSPS) is 17.7. The first-order valence-corrected chi connectivity index (χ1v) is 24.1. The molecule has 0 saturated carbocycles. The molecule has 0 aromatic heterocycles. The van der Waals surface area contributed by atoms with E-state index >= 15 is 0 Å². The van der Waals surface area contributed by atoms with Crippen molar-refractivity contribution in [3.63, 3.8) is 0 Å². The number of hydrogen-bond acceptors (Lipinski definition) is 12. The van der Waals surface area contributed by atoms with Gasteiger partial charge in [0.1, 0.15) is 12.7 Å². The van der Waals surface area contributed by atoms with E-state index < -0.39 is 36.7 Å². The second-order valence-corrected chi connectivity index (χ2v) is 23.5. The van der Waals surface area contributed by atoms with E-state index in [1.54, 1.807) is 46.0 Å². The molecule has 2 fully saturated rings. The maximum absolute atomic E-state index is 10.9. The number of nitrogens with zero attached hydrogens (tertiary/aromatic N) is 1. The van der Waals surface area contributed by atoms with Crippen LogP contribution in [-0.4, -0.2) is 120 Å². The molecule has 1 amide bonds. The molecule has 2 rings (SSSR count). The summed E-state index contributed by atoms with van der Waals surface area (Å²) in [7, 11) is -3.52. The zero-order chi connectivity index (χ0) is 40.8. The van der Waals surface area contributed by atoms with Crippen molar-refractivity contribution < 1.29 is 55.4 Å². The Bertz CT molecular complexity index is 1140. The Kier molecular flexibility index (Phi) is 29.8. The van der Waals surface area contributed by atoms with Crippen molar-refractivity contribution in [1.29, 1.82) is 0 Å². The number of cyclic esters (lactones) is 2. The van der Waals surface area contributed by atoms with Gasteiger partial charge in [0.15, 0.2) is 17.2 Å². The molecule has 2 aliphatic heterocycles. The molecule has 0 aromatic rings. The molecule has 0 aromatic carbocycles. The number of amides is 1. The van der Waals surface area contributed by atoms with Crippen LogP contribution in [0.25, 0.3) is 0 Å². The Morgan fingerprint density at radius 3 is 1.42 bits per heavy atom. The van der Waals surface area contributed by atoms with Gasteiger partial charge in [-0.05, 0) is 79.0 Å². The second kappa shape index (κ2) is 27.1. The second-order valence-electron chi connectivity index (χ2n) is 14.6. The Morgan fingerprint density at radius 2 is 1.32 bits per heavy atom. The number of carbonyl (C=O) groups excluding carboxylic acids is 3. The summed E-state index contributed by atoms with van der Waals surface area (Å²) in [5.41, 5.74) is 0.354. The van der Waals surface area contributed by atoms with Crippen LogP contribution in [0.4, 0.5) is 9.59 Å². The molecule has 302 valence electrons. The predicted molar refractivity (Wildman–Crippen MR) is 205 cm³/mol. The van der Waals surface area contributed by atoms with Gasteiger partial charge in [-0.15, -0.1) is 0 Å². The van der Waals surface area contributed by atoms with Crippen LogP contribution < -0.4 is 0 Å². The zero-order valence-electron chi connectivity index (χ0n) is 34.6. The lowest BCUT2D eigenvalue weighted by atomic mass is 9.96. The van der Waals surface area contributed by atoms with E-state index in [1.807, 2.05) is 68.7 Å². The van der Waals surface area contributed by atoms with Crippen LogP contribution in [0.1, 0.15) is 96.4 Å². The third-order valence-electron chi connectivity index (χ3n) is 7.05. The minimum absolute atomic E-state index is 0.0301. The SMILES string of the molecule is CC(=O)N(C)C(C)C.CC(C)C1CCS(=O)(=O)C1.CC(C)C1COC(=O)O1.CC(C)OP(C)(C)=O.CC(C)P(C)(C)=O.COC(=O)OC(C)C. The molecule has 2 saturated heterocycles. The quantitative estimate of drug-likeness (QED) is 0.179. The van der Waals surface area contributed by atoms with Crippen molar-refractivity contribution >= 4 is 42.6 Å². The smallest absolute Gasteiger partial charge is 0.438 e. The van der Waals surface area contributed by atoms with Crippen LogP contribution >= 0.6 is 14.5 Å². The maximum atomic E-state index is 10.9. The highest BCUT2D eigenvalue weighted by Gasteiger charge is 2.29. The summed E-state index contributed by atoms with van der Waals surface area (Å²) in [6.07, 6.45) is -0.329. The molecule has 0 spiro atoms. The lowest BCUT2D eigenvalue weighted by Gasteiger charge is -2.18. The molecule has 50 heavy (non-hydrogen) atoms. The summed E-state index contributed by atoms with van der Waals surface area (Å²) in [5.74, 6) is 2.26. The van der Waals surface area contributed by atoms with Crippen LogP contribution in [0.2, 0.25) is 0 Å². The van der Waals surface area contributed by atoms with E-state index in [9.17, 15) is 31.9 Å². The molecule has 2 aliphatic rings. The van der Waals surface area contributed by atoms with Gasteiger partial charge < -0.3 is 32.9 Å². The van der Waals surface area contributed by atoms with Crippen molar-refractivity contribution in [2.24, 2.45) is 17.8 Å². The van der Waals surface area contributed by atoms with Gasteiger partial charge in [-0.2, -0.15) is 0 Å². The van der Waals surface area contributed by atoms with Gasteiger partial charge in [0, 0.05) is 39.0 Å². The Morgan fingerprint density at radius 1 is 0.860 bits per heavy atom. The van der Waals surface area contributed by atoms with E-state index in [0.29, 0.717) is 47.6 Å². The number of rotatable bonds is 7. The van der Waals surface area contributed by atoms with Gasteiger partial charge in [0.25, 0.3) is 0 Å².